The van der Waals surface area contributed by atoms with Crippen LogP contribution in [0.15, 0.2) is 24.5 Å². The number of benzene rings is 1. The Labute approximate surface area is 135 Å². The Morgan fingerprint density at radius 2 is 1.82 bits per heavy atom. The van der Waals surface area contributed by atoms with E-state index in [0.29, 0.717) is 22.3 Å². The molecule has 0 unspecified atom stereocenters. The van der Waals surface area contributed by atoms with E-state index in [0.717, 1.165) is 11.3 Å². The number of hydrogen-bond donors (Lipinski definition) is 4. The third-order valence-electron chi connectivity index (χ3n) is 2.89. The molecule has 0 saturated heterocycles. The van der Waals surface area contributed by atoms with Crippen molar-refractivity contribution in [3.05, 3.63) is 35.1 Å². The van der Waals surface area contributed by atoms with E-state index in [-0.39, 0.29) is 5.54 Å². The molecule has 2 aromatic rings. The van der Waals surface area contributed by atoms with Crippen LogP contribution in [0.4, 0.5) is 23.0 Å². The van der Waals surface area contributed by atoms with Crippen LogP contribution in [0.5, 0.6) is 0 Å². The number of nitrogens with one attached hydrogen (secondary N) is 3. The SMILES string of the molecule is Cc1ccc(Cl)cc1Nc1ncnc(NNC(C)(C)C)c1N. The molecule has 0 saturated carbocycles. The number of nitrogen functional groups attached to an aromatic ring is 1. The smallest absolute Gasteiger partial charge is 0.169 e. The summed E-state index contributed by atoms with van der Waals surface area (Å²) in [5.74, 6) is 1.05. The summed E-state index contributed by atoms with van der Waals surface area (Å²) in [7, 11) is 0. The second kappa shape index (κ2) is 6.37. The predicted octanol–water partition coefficient (Wildman–Crippen LogP) is 3.48. The standard InChI is InChI=1S/C15H21ClN6/c1-9-5-6-10(16)7-11(9)20-13-12(17)14(19-8-18-13)21-22-15(2,3)4/h5-8,22H,17H2,1-4H3,(H2,18,19,20,21). The molecule has 0 fully saturated rings. The molecule has 7 heteroatoms. The van der Waals surface area contributed by atoms with Gasteiger partial charge in [0.25, 0.3) is 0 Å². The number of nitrogens with two attached hydrogens (primary N) is 1. The lowest BCUT2D eigenvalue weighted by atomic mass is 10.1. The average Bonchev–Trinajstić information content (AvgIpc) is 2.43. The summed E-state index contributed by atoms with van der Waals surface area (Å²) >= 11 is 6.03. The molecule has 0 atom stereocenters. The summed E-state index contributed by atoms with van der Waals surface area (Å²) in [6.45, 7) is 8.08. The third kappa shape index (κ3) is 4.22. The number of hydrogen-bond acceptors (Lipinski definition) is 6. The van der Waals surface area contributed by atoms with Crippen molar-refractivity contribution in [1.82, 2.24) is 15.4 Å². The van der Waals surface area contributed by atoms with E-state index in [2.05, 4.69) is 26.1 Å². The van der Waals surface area contributed by atoms with Crippen molar-refractivity contribution in [2.75, 3.05) is 16.5 Å². The van der Waals surface area contributed by atoms with Crippen molar-refractivity contribution in [3.8, 4) is 0 Å². The van der Waals surface area contributed by atoms with E-state index in [9.17, 15) is 0 Å². The van der Waals surface area contributed by atoms with E-state index in [1.165, 1.54) is 6.33 Å². The number of anilines is 4. The summed E-state index contributed by atoms with van der Waals surface area (Å²) in [6.07, 6.45) is 1.45. The van der Waals surface area contributed by atoms with Crippen LogP contribution in [-0.2, 0) is 0 Å². The van der Waals surface area contributed by atoms with Gasteiger partial charge in [0.2, 0.25) is 0 Å². The normalized spacial score (nSPS) is 11.3. The molecule has 22 heavy (non-hydrogen) atoms. The summed E-state index contributed by atoms with van der Waals surface area (Å²) in [4.78, 5) is 8.34. The quantitative estimate of drug-likeness (QED) is 0.645. The molecule has 0 spiro atoms. The van der Waals surface area contributed by atoms with Crippen molar-refractivity contribution in [1.29, 1.82) is 0 Å². The Balaban J connectivity index is 2.23. The number of aryl methyl sites for hydroxylation is 1. The van der Waals surface area contributed by atoms with Crippen LogP contribution >= 0.6 is 11.6 Å². The van der Waals surface area contributed by atoms with Gasteiger partial charge in [0.05, 0.1) is 0 Å². The van der Waals surface area contributed by atoms with Gasteiger partial charge in [0.1, 0.15) is 12.0 Å². The molecule has 5 N–H and O–H groups in total. The Morgan fingerprint density at radius 1 is 1.14 bits per heavy atom. The molecular formula is C15H21ClN6. The minimum Gasteiger partial charge on any atom is -0.393 e. The molecule has 0 aliphatic carbocycles. The number of hydrazine groups is 1. The van der Waals surface area contributed by atoms with Crippen LogP contribution in [0.2, 0.25) is 5.02 Å². The van der Waals surface area contributed by atoms with E-state index in [4.69, 9.17) is 17.3 Å². The second-order valence-corrected chi connectivity index (χ2v) is 6.51. The summed E-state index contributed by atoms with van der Waals surface area (Å²) in [6, 6.07) is 5.60. The van der Waals surface area contributed by atoms with Crippen molar-refractivity contribution >= 4 is 34.6 Å². The molecule has 118 valence electrons. The van der Waals surface area contributed by atoms with E-state index in [1.54, 1.807) is 0 Å². The fourth-order valence-corrected chi connectivity index (χ4v) is 1.87. The molecule has 0 aliphatic rings. The van der Waals surface area contributed by atoms with Crippen molar-refractivity contribution < 1.29 is 0 Å². The summed E-state index contributed by atoms with van der Waals surface area (Å²) < 4.78 is 0. The first-order chi connectivity index (χ1) is 10.3. The maximum atomic E-state index is 6.13. The highest BCUT2D eigenvalue weighted by molar-refractivity contribution is 6.30. The molecule has 0 amide bonds. The maximum Gasteiger partial charge on any atom is 0.169 e. The van der Waals surface area contributed by atoms with Crippen molar-refractivity contribution in [3.63, 3.8) is 0 Å². The minimum absolute atomic E-state index is 0.117. The predicted molar refractivity (Wildman–Crippen MR) is 92.4 cm³/mol. The molecule has 1 aromatic heterocycles. The maximum absolute atomic E-state index is 6.13. The molecule has 6 nitrogen and oxygen atoms in total. The van der Waals surface area contributed by atoms with Gasteiger partial charge >= 0.3 is 0 Å². The van der Waals surface area contributed by atoms with Gasteiger partial charge < -0.3 is 16.5 Å². The monoisotopic (exact) mass is 320 g/mol. The first-order valence-electron chi connectivity index (χ1n) is 6.93. The molecule has 0 radical (unpaired) electrons. The fraction of sp³-hybridized carbons (Fsp3) is 0.333. The molecule has 0 bridgehead atoms. The lowest BCUT2D eigenvalue weighted by Gasteiger charge is -2.22. The highest BCUT2D eigenvalue weighted by Gasteiger charge is 2.13. The summed E-state index contributed by atoms with van der Waals surface area (Å²) in [5, 5.41) is 3.84. The van der Waals surface area contributed by atoms with Gasteiger partial charge in [-0.1, -0.05) is 17.7 Å². The number of rotatable bonds is 4. The Kier molecular flexibility index (Phi) is 4.73. The van der Waals surface area contributed by atoms with Crippen LogP contribution < -0.4 is 21.9 Å². The molecular weight excluding hydrogens is 300 g/mol. The minimum atomic E-state index is -0.117. The zero-order valence-corrected chi connectivity index (χ0v) is 13.9. The largest absolute Gasteiger partial charge is 0.393 e. The number of aromatic nitrogens is 2. The van der Waals surface area contributed by atoms with Gasteiger partial charge in [-0.2, -0.15) is 0 Å². The Morgan fingerprint density at radius 3 is 2.50 bits per heavy atom. The highest BCUT2D eigenvalue weighted by Crippen LogP contribution is 2.28. The van der Waals surface area contributed by atoms with Crippen LogP contribution in [0.25, 0.3) is 0 Å². The van der Waals surface area contributed by atoms with Gasteiger partial charge in [0.15, 0.2) is 11.6 Å². The second-order valence-electron chi connectivity index (χ2n) is 6.07. The van der Waals surface area contributed by atoms with Crippen molar-refractivity contribution in [2.45, 2.75) is 33.2 Å². The molecule has 1 aromatic carbocycles. The fourth-order valence-electron chi connectivity index (χ4n) is 1.70. The zero-order chi connectivity index (χ0) is 16.3. The van der Waals surface area contributed by atoms with Gasteiger partial charge in [-0.05, 0) is 45.4 Å². The van der Waals surface area contributed by atoms with Crippen LogP contribution in [0, 0.1) is 6.92 Å². The third-order valence-corrected chi connectivity index (χ3v) is 3.13. The first kappa shape index (κ1) is 16.3. The van der Waals surface area contributed by atoms with E-state index < -0.39 is 0 Å². The lowest BCUT2D eigenvalue weighted by molar-refractivity contribution is 0.464. The highest BCUT2D eigenvalue weighted by atomic mass is 35.5. The lowest BCUT2D eigenvalue weighted by Crippen LogP contribution is -2.40. The van der Waals surface area contributed by atoms with Crippen molar-refractivity contribution in [2.24, 2.45) is 0 Å². The Hall–Kier alpha value is -2.05. The molecule has 2 rings (SSSR count). The van der Waals surface area contributed by atoms with Crippen LogP contribution in [-0.4, -0.2) is 15.5 Å². The first-order valence-corrected chi connectivity index (χ1v) is 7.31. The van der Waals surface area contributed by atoms with Crippen LogP contribution in [0.3, 0.4) is 0 Å². The number of halogens is 1. The Bertz CT molecular complexity index is 666. The van der Waals surface area contributed by atoms with Gasteiger partial charge in [0, 0.05) is 16.2 Å². The van der Waals surface area contributed by atoms with Gasteiger partial charge in [-0.15, -0.1) is 0 Å². The van der Waals surface area contributed by atoms with E-state index >= 15 is 0 Å². The average molecular weight is 321 g/mol. The molecule has 1 heterocycles. The van der Waals surface area contributed by atoms with Gasteiger partial charge in [-0.3, -0.25) is 0 Å². The topological polar surface area (TPSA) is 87.9 Å². The van der Waals surface area contributed by atoms with E-state index in [1.807, 2.05) is 45.9 Å². The number of nitrogens with zero attached hydrogens (tertiary/aromatic N) is 2. The van der Waals surface area contributed by atoms with Gasteiger partial charge in [-0.25, -0.2) is 15.4 Å². The zero-order valence-electron chi connectivity index (χ0n) is 13.2. The summed E-state index contributed by atoms with van der Waals surface area (Å²) in [5.41, 5.74) is 14.5. The van der Waals surface area contributed by atoms with Crippen LogP contribution in [0.1, 0.15) is 26.3 Å². The molecule has 0 aliphatic heterocycles.